The Morgan fingerprint density at radius 2 is 1.88 bits per heavy atom. The average Bonchev–Trinajstić information content (AvgIpc) is 2.35. The van der Waals surface area contributed by atoms with Gasteiger partial charge in [-0.25, -0.2) is 0 Å². The minimum Gasteiger partial charge on any atom is -0.198 e. The van der Waals surface area contributed by atoms with Gasteiger partial charge in [0.15, 0.2) is 0 Å². The highest BCUT2D eigenvalue weighted by molar-refractivity contribution is 5.82. The van der Waals surface area contributed by atoms with Crippen LogP contribution in [0.3, 0.4) is 0 Å². The zero-order valence-corrected chi connectivity index (χ0v) is 9.48. The number of hydrogen-bond donors (Lipinski definition) is 0. The predicted molar refractivity (Wildman–Crippen MR) is 67.0 cm³/mol. The Morgan fingerprint density at radius 3 is 2.56 bits per heavy atom. The van der Waals surface area contributed by atoms with E-state index in [-0.39, 0.29) is 5.92 Å². The SMILES string of the molecule is CCC(C#N)Cc1ccc2ccccc2c1. The normalized spacial score (nSPS) is 12.2. The number of rotatable bonds is 3. The maximum absolute atomic E-state index is 8.95. The molecule has 2 aromatic rings. The molecule has 1 atom stereocenters. The van der Waals surface area contributed by atoms with E-state index in [1.165, 1.54) is 16.3 Å². The minimum atomic E-state index is 0.140. The van der Waals surface area contributed by atoms with Gasteiger partial charge in [0.25, 0.3) is 0 Å². The molecule has 0 aliphatic heterocycles. The Balaban J connectivity index is 2.30. The number of fused-ring (bicyclic) bond motifs is 1. The third-order valence-electron chi connectivity index (χ3n) is 2.97. The molecule has 0 aromatic heterocycles. The van der Waals surface area contributed by atoms with Crippen LogP contribution in [0.5, 0.6) is 0 Å². The summed E-state index contributed by atoms with van der Waals surface area (Å²) in [5.74, 6) is 0.140. The fraction of sp³-hybridized carbons (Fsp3) is 0.267. The van der Waals surface area contributed by atoms with E-state index in [1.807, 2.05) is 12.1 Å². The van der Waals surface area contributed by atoms with Crippen LogP contribution in [0.2, 0.25) is 0 Å². The van der Waals surface area contributed by atoms with Crippen molar-refractivity contribution in [2.45, 2.75) is 19.8 Å². The number of nitriles is 1. The van der Waals surface area contributed by atoms with E-state index in [9.17, 15) is 0 Å². The van der Waals surface area contributed by atoms with E-state index in [0.717, 1.165) is 12.8 Å². The summed E-state index contributed by atoms with van der Waals surface area (Å²) in [7, 11) is 0. The summed E-state index contributed by atoms with van der Waals surface area (Å²) < 4.78 is 0. The molecule has 0 aliphatic carbocycles. The zero-order valence-electron chi connectivity index (χ0n) is 9.48. The average molecular weight is 209 g/mol. The van der Waals surface area contributed by atoms with Crippen LogP contribution in [0, 0.1) is 17.2 Å². The Bertz CT molecular complexity index is 522. The highest BCUT2D eigenvalue weighted by atomic mass is 14.3. The van der Waals surface area contributed by atoms with E-state index in [4.69, 9.17) is 5.26 Å². The fourth-order valence-corrected chi connectivity index (χ4v) is 1.93. The quantitative estimate of drug-likeness (QED) is 0.751. The van der Waals surface area contributed by atoms with Gasteiger partial charge in [0, 0.05) is 0 Å². The first-order valence-electron chi connectivity index (χ1n) is 5.70. The number of benzene rings is 2. The Hall–Kier alpha value is -1.81. The molecule has 1 unspecified atom stereocenters. The third kappa shape index (κ3) is 2.23. The van der Waals surface area contributed by atoms with E-state index in [1.54, 1.807) is 0 Å². The number of nitrogens with zero attached hydrogens (tertiary/aromatic N) is 1. The van der Waals surface area contributed by atoms with Gasteiger partial charge in [0.05, 0.1) is 12.0 Å². The van der Waals surface area contributed by atoms with Crippen LogP contribution in [-0.2, 0) is 6.42 Å². The van der Waals surface area contributed by atoms with Crippen LogP contribution in [0.15, 0.2) is 42.5 Å². The van der Waals surface area contributed by atoms with Crippen LogP contribution < -0.4 is 0 Å². The standard InChI is InChI=1S/C15H15N/c1-2-12(11-16)9-13-7-8-14-5-3-4-6-15(14)10-13/h3-8,10,12H,2,9H2,1H3. The smallest absolute Gasteiger partial charge is 0.0659 e. The zero-order chi connectivity index (χ0) is 11.4. The van der Waals surface area contributed by atoms with Crippen molar-refractivity contribution >= 4 is 10.8 Å². The predicted octanol–water partition coefficient (Wildman–Crippen LogP) is 3.93. The van der Waals surface area contributed by atoms with Gasteiger partial charge in [-0.2, -0.15) is 5.26 Å². The maximum atomic E-state index is 8.95. The fourth-order valence-electron chi connectivity index (χ4n) is 1.93. The second-order valence-corrected chi connectivity index (χ2v) is 4.12. The summed E-state index contributed by atoms with van der Waals surface area (Å²) in [6, 6.07) is 17.1. The summed E-state index contributed by atoms with van der Waals surface area (Å²) in [4.78, 5) is 0. The Labute approximate surface area is 96.3 Å². The Kier molecular flexibility index (Phi) is 3.22. The minimum absolute atomic E-state index is 0.140. The van der Waals surface area contributed by atoms with Gasteiger partial charge in [-0.05, 0) is 29.2 Å². The summed E-state index contributed by atoms with van der Waals surface area (Å²) in [5, 5.41) is 11.5. The molecule has 0 fully saturated rings. The molecule has 2 rings (SSSR count). The van der Waals surface area contributed by atoms with Crippen LogP contribution in [0.4, 0.5) is 0 Å². The van der Waals surface area contributed by atoms with Crippen molar-refractivity contribution in [3.8, 4) is 6.07 Å². The van der Waals surface area contributed by atoms with Crippen LogP contribution >= 0.6 is 0 Å². The molecular formula is C15H15N. The number of hydrogen-bond acceptors (Lipinski definition) is 1. The third-order valence-corrected chi connectivity index (χ3v) is 2.97. The molecule has 0 amide bonds. The molecule has 0 heterocycles. The molecule has 0 aliphatic rings. The lowest BCUT2D eigenvalue weighted by molar-refractivity contribution is 0.638. The lowest BCUT2D eigenvalue weighted by atomic mass is 9.96. The highest BCUT2D eigenvalue weighted by Crippen LogP contribution is 2.18. The van der Waals surface area contributed by atoms with E-state index < -0.39 is 0 Å². The van der Waals surface area contributed by atoms with Crippen molar-refractivity contribution in [1.29, 1.82) is 5.26 Å². The maximum Gasteiger partial charge on any atom is 0.0659 e. The molecule has 2 aromatic carbocycles. The van der Waals surface area contributed by atoms with Crippen molar-refractivity contribution in [2.75, 3.05) is 0 Å². The molecule has 1 nitrogen and oxygen atoms in total. The second-order valence-electron chi connectivity index (χ2n) is 4.12. The molecule has 16 heavy (non-hydrogen) atoms. The van der Waals surface area contributed by atoms with Gasteiger partial charge in [0.1, 0.15) is 0 Å². The van der Waals surface area contributed by atoms with Gasteiger partial charge in [-0.1, -0.05) is 49.4 Å². The van der Waals surface area contributed by atoms with Gasteiger partial charge >= 0.3 is 0 Å². The summed E-state index contributed by atoms with van der Waals surface area (Å²) in [6.07, 6.45) is 1.78. The molecule has 0 radical (unpaired) electrons. The van der Waals surface area contributed by atoms with Gasteiger partial charge < -0.3 is 0 Å². The lowest BCUT2D eigenvalue weighted by Crippen LogP contribution is -1.99. The molecule has 0 N–H and O–H groups in total. The summed E-state index contributed by atoms with van der Waals surface area (Å²) >= 11 is 0. The van der Waals surface area contributed by atoms with Crippen molar-refractivity contribution in [3.63, 3.8) is 0 Å². The molecule has 0 saturated carbocycles. The monoisotopic (exact) mass is 209 g/mol. The van der Waals surface area contributed by atoms with Crippen molar-refractivity contribution in [3.05, 3.63) is 48.0 Å². The molecule has 1 heteroatoms. The van der Waals surface area contributed by atoms with E-state index >= 15 is 0 Å². The lowest BCUT2D eigenvalue weighted by Gasteiger charge is -2.07. The van der Waals surface area contributed by atoms with E-state index in [0.29, 0.717) is 0 Å². The first-order chi connectivity index (χ1) is 7.83. The van der Waals surface area contributed by atoms with Crippen LogP contribution in [0.25, 0.3) is 10.8 Å². The van der Waals surface area contributed by atoms with E-state index in [2.05, 4.69) is 43.3 Å². The van der Waals surface area contributed by atoms with Crippen molar-refractivity contribution in [1.82, 2.24) is 0 Å². The van der Waals surface area contributed by atoms with Crippen molar-refractivity contribution in [2.24, 2.45) is 5.92 Å². The molecule has 80 valence electrons. The molecule has 0 saturated heterocycles. The molecular weight excluding hydrogens is 194 g/mol. The molecule has 0 bridgehead atoms. The van der Waals surface area contributed by atoms with Crippen LogP contribution in [-0.4, -0.2) is 0 Å². The topological polar surface area (TPSA) is 23.8 Å². The Morgan fingerprint density at radius 1 is 1.12 bits per heavy atom. The van der Waals surface area contributed by atoms with Crippen LogP contribution in [0.1, 0.15) is 18.9 Å². The second kappa shape index (κ2) is 4.81. The first kappa shape index (κ1) is 10.7. The molecule has 0 spiro atoms. The van der Waals surface area contributed by atoms with Crippen molar-refractivity contribution < 1.29 is 0 Å². The van der Waals surface area contributed by atoms with Gasteiger partial charge in [0.2, 0.25) is 0 Å². The van der Waals surface area contributed by atoms with Gasteiger partial charge in [-0.3, -0.25) is 0 Å². The first-order valence-corrected chi connectivity index (χ1v) is 5.70. The summed E-state index contributed by atoms with van der Waals surface area (Å²) in [6.45, 7) is 2.06. The largest absolute Gasteiger partial charge is 0.198 e. The van der Waals surface area contributed by atoms with Gasteiger partial charge in [-0.15, -0.1) is 0 Å². The highest BCUT2D eigenvalue weighted by Gasteiger charge is 2.05. The summed E-state index contributed by atoms with van der Waals surface area (Å²) in [5.41, 5.74) is 1.26.